The lowest BCUT2D eigenvalue weighted by atomic mass is 10.1. The number of hydrogen-bond acceptors (Lipinski definition) is 3. The summed E-state index contributed by atoms with van der Waals surface area (Å²) < 4.78 is 8.23. The second-order valence-corrected chi connectivity index (χ2v) is 6.45. The van der Waals surface area contributed by atoms with Gasteiger partial charge in [0.05, 0.1) is 23.7 Å². The molecule has 118 valence electrons. The Hall–Kier alpha value is -2.40. The third-order valence-electron chi connectivity index (χ3n) is 3.71. The monoisotopic (exact) mass is 326 g/mol. The van der Waals surface area contributed by atoms with Crippen LogP contribution < -0.4 is 9.54 Å². The number of benzene rings is 2. The van der Waals surface area contributed by atoms with Gasteiger partial charge in [0.2, 0.25) is 0 Å². The SMILES string of the molecule is COc1ccc2c(c1)sc(=NC(=O)Cc1ccc(C)cc1)n2C. The normalized spacial score (nSPS) is 11.9. The van der Waals surface area contributed by atoms with Crippen molar-refractivity contribution >= 4 is 27.5 Å². The largest absolute Gasteiger partial charge is 0.497 e. The summed E-state index contributed by atoms with van der Waals surface area (Å²) in [7, 11) is 3.56. The maximum Gasteiger partial charge on any atom is 0.252 e. The highest BCUT2D eigenvalue weighted by Gasteiger charge is 2.07. The molecule has 0 bridgehead atoms. The van der Waals surface area contributed by atoms with Gasteiger partial charge < -0.3 is 9.30 Å². The molecule has 0 saturated heterocycles. The van der Waals surface area contributed by atoms with Crippen LogP contribution in [-0.2, 0) is 18.3 Å². The lowest BCUT2D eigenvalue weighted by molar-refractivity contribution is -0.117. The highest BCUT2D eigenvalue weighted by Crippen LogP contribution is 2.22. The van der Waals surface area contributed by atoms with Gasteiger partial charge in [0.25, 0.3) is 5.91 Å². The molecule has 0 aliphatic heterocycles. The molecule has 0 fully saturated rings. The number of methoxy groups -OCH3 is 1. The van der Waals surface area contributed by atoms with Crippen LogP contribution in [0.25, 0.3) is 10.2 Å². The van der Waals surface area contributed by atoms with Gasteiger partial charge >= 0.3 is 0 Å². The maximum atomic E-state index is 12.2. The Morgan fingerprint density at radius 2 is 1.96 bits per heavy atom. The average Bonchev–Trinajstić information content (AvgIpc) is 2.85. The fraction of sp³-hybridized carbons (Fsp3) is 0.222. The molecule has 0 saturated carbocycles. The van der Waals surface area contributed by atoms with Gasteiger partial charge in [0.15, 0.2) is 4.80 Å². The van der Waals surface area contributed by atoms with Gasteiger partial charge in [-0.2, -0.15) is 4.99 Å². The first-order chi connectivity index (χ1) is 11.1. The number of aryl methyl sites for hydroxylation is 2. The van der Waals surface area contributed by atoms with Crippen molar-refractivity contribution in [2.45, 2.75) is 13.3 Å². The van der Waals surface area contributed by atoms with Crippen LogP contribution in [0.4, 0.5) is 0 Å². The number of hydrogen-bond donors (Lipinski definition) is 0. The van der Waals surface area contributed by atoms with Crippen LogP contribution in [0, 0.1) is 6.92 Å². The molecule has 1 heterocycles. The zero-order valence-electron chi connectivity index (χ0n) is 13.4. The smallest absolute Gasteiger partial charge is 0.252 e. The predicted octanol–water partition coefficient (Wildman–Crippen LogP) is 3.23. The minimum absolute atomic E-state index is 0.136. The number of amides is 1. The molecule has 5 heteroatoms. The summed E-state index contributed by atoms with van der Waals surface area (Å²) in [5.74, 6) is 0.667. The molecule has 0 unspecified atom stereocenters. The van der Waals surface area contributed by atoms with E-state index in [2.05, 4.69) is 4.99 Å². The van der Waals surface area contributed by atoms with E-state index in [1.54, 1.807) is 7.11 Å². The lowest BCUT2D eigenvalue weighted by Gasteiger charge is -1.99. The molecule has 0 spiro atoms. The summed E-state index contributed by atoms with van der Waals surface area (Å²) >= 11 is 1.49. The fourth-order valence-electron chi connectivity index (χ4n) is 2.37. The van der Waals surface area contributed by atoms with Crippen molar-refractivity contribution in [2.24, 2.45) is 12.0 Å². The molecule has 0 aliphatic rings. The van der Waals surface area contributed by atoms with E-state index in [0.29, 0.717) is 11.2 Å². The molecule has 23 heavy (non-hydrogen) atoms. The number of thiazole rings is 1. The molecule has 0 aliphatic carbocycles. The maximum absolute atomic E-state index is 12.2. The fourth-order valence-corrected chi connectivity index (χ4v) is 3.44. The Balaban J connectivity index is 1.92. The van der Waals surface area contributed by atoms with Gasteiger partial charge in [-0.05, 0) is 30.7 Å². The number of carbonyl (C=O) groups excluding carboxylic acids is 1. The zero-order chi connectivity index (χ0) is 16.4. The van der Waals surface area contributed by atoms with E-state index in [-0.39, 0.29) is 5.91 Å². The van der Waals surface area contributed by atoms with Crippen molar-refractivity contribution in [1.82, 2.24) is 4.57 Å². The first kappa shape index (κ1) is 15.5. The number of nitrogens with zero attached hydrogens (tertiary/aromatic N) is 2. The minimum atomic E-state index is -0.136. The van der Waals surface area contributed by atoms with Crippen LogP contribution in [0.2, 0.25) is 0 Å². The van der Waals surface area contributed by atoms with Gasteiger partial charge in [0, 0.05) is 7.05 Å². The zero-order valence-corrected chi connectivity index (χ0v) is 14.2. The van der Waals surface area contributed by atoms with Crippen LogP contribution in [0.3, 0.4) is 0 Å². The van der Waals surface area contributed by atoms with Crippen LogP contribution in [0.1, 0.15) is 11.1 Å². The van der Waals surface area contributed by atoms with Crippen LogP contribution in [0.5, 0.6) is 5.75 Å². The summed E-state index contributed by atoms with van der Waals surface area (Å²) in [5.41, 5.74) is 3.20. The topological polar surface area (TPSA) is 43.6 Å². The number of aromatic nitrogens is 1. The number of ether oxygens (including phenoxy) is 1. The molecule has 2 aromatic carbocycles. The van der Waals surface area contributed by atoms with Crippen molar-refractivity contribution < 1.29 is 9.53 Å². The quantitative estimate of drug-likeness (QED) is 0.742. The van der Waals surface area contributed by atoms with Gasteiger partial charge in [0.1, 0.15) is 5.75 Å². The first-order valence-electron chi connectivity index (χ1n) is 7.33. The summed E-state index contributed by atoms with van der Waals surface area (Å²) in [6, 6.07) is 13.8. The molecular formula is C18H18N2O2S. The molecular weight excluding hydrogens is 308 g/mol. The Morgan fingerprint density at radius 1 is 1.22 bits per heavy atom. The molecule has 3 rings (SSSR count). The van der Waals surface area contributed by atoms with E-state index in [1.807, 2.05) is 61.0 Å². The standard InChI is InChI=1S/C18H18N2O2S/c1-12-4-6-13(7-5-12)10-17(21)19-18-20(2)15-9-8-14(22-3)11-16(15)23-18/h4-9,11H,10H2,1-3H3. The van der Waals surface area contributed by atoms with Crippen LogP contribution >= 0.6 is 11.3 Å². The Bertz CT molecular complexity index is 920. The summed E-state index contributed by atoms with van der Waals surface area (Å²) in [6.07, 6.45) is 0.317. The summed E-state index contributed by atoms with van der Waals surface area (Å²) in [6.45, 7) is 2.03. The molecule has 0 radical (unpaired) electrons. The Kier molecular flexibility index (Phi) is 4.30. The van der Waals surface area contributed by atoms with Crippen LogP contribution in [-0.4, -0.2) is 17.6 Å². The van der Waals surface area contributed by atoms with Gasteiger partial charge in [-0.1, -0.05) is 41.2 Å². The molecule has 0 N–H and O–H groups in total. The number of fused-ring (bicyclic) bond motifs is 1. The van der Waals surface area contributed by atoms with Gasteiger partial charge in [-0.25, -0.2) is 0 Å². The first-order valence-corrected chi connectivity index (χ1v) is 8.15. The van der Waals surface area contributed by atoms with E-state index >= 15 is 0 Å². The van der Waals surface area contributed by atoms with Gasteiger partial charge in [-0.15, -0.1) is 0 Å². The van der Waals surface area contributed by atoms with Crippen molar-refractivity contribution in [2.75, 3.05) is 7.11 Å². The molecule has 4 nitrogen and oxygen atoms in total. The van der Waals surface area contributed by atoms with Crippen LogP contribution in [0.15, 0.2) is 47.5 Å². The van der Waals surface area contributed by atoms with E-state index in [1.165, 1.54) is 16.9 Å². The number of rotatable bonds is 3. The van der Waals surface area contributed by atoms with Crippen molar-refractivity contribution in [3.63, 3.8) is 0 Å². The van der Waals surface area contributed by atoms with Crippen molar-refractivity contribution in [3.8, 4) is 5.75 Å². The molecule has 3 aromatic rings. The third kappa shape index (κ3) is 3.35. The van der Waals surface area contributed by atoms with Crippen molar-refractivity contribution in [3.05, 3.63) is 58.4 Å². The lowest BCUT2D eigenvalue weighted by Crippen LogP contribution is -2.14. The third-order valence-corrected chi connectivity index (χ3v) is 4.81. The Labute approximate surface area is 138 Å². The van der Waals surface area contributed by atoms with E-state index in [0.717, 1.165) is 21.5 Å². The molecule has 1 aromatic heterocycles. The highest BCUT2D eigenvalue weighted by atomic mass is 32.1. The summed E-state index contributed by atoms with van der Waals surface area (Å²) in [5, 5.41) is 0. The van der Waals surface area contributed by atoms with E-state index in [4.69, 9.17) is 4.74 Å². The van der Waals surface area contributed by atoms with Gasteiger partial charge in [-0.3, -0.25) is 4.79 Å². The van der Waals surface area contributed by atoms with E-state index in [9.17, 15) is 4.79 Å². The average molecular weight is 326 g/mol. The highest BCUT2D eigenvalue weighted by molar-refractivity contribution is 7.16. The van der Waals surface area contributed by atoms with Crippen molar-refractivity contribution in [1.29, 1.82) is 0 Å². The second kappa shape index (κ2) is 6.38. The Morgan fingerprint density at radius 3 is 2.65 bits per heavy atom. The minimum Gasteiger partial charge on any atom is -0.497 e. The summed E-state index contributed by atoms with van der Waals surface area (Å²) in [4.78, 5) is 17.2. The second-order valence-electron chi connectivity index (χ2n) is 5.45. The predicted molar refractivity (Wildman–Crippen MR) is 92.8 cm³/mol. The van der Waals surface area contributed by atoms with E-state index < -0.39 is 0 Å². The molecule has 1 amide bonds. The number of carbonyl (C=O) groups is 1. The molecule has 0 atom stereocenters.